The van der Waals surface area contributed by atoms with Gasteiger partial charge >= 0.3 is 0 Å². The van der Waals surface area contributed by atoms with Crippen LogP contribution in [0.25, 0.3) is 0 Å². The third kappa shape index (κ3) is 2.02. The average Bonchev–Trinajstić information content (AvgIpc) is 2.82. The molecule has 4 rings (SSSR count). The predicted molar refractivity (Wildman–Crippen MR) is 96.8 cm³/mol. The Hall–Kier alpha value is -1.22. The molecule has 0 aromatic rings. The van der Waals surface area contributed by atoms with E-state index in [4.69, 9.17) is 0 Å². The number of aliphatic hydroxyl groups is 1. The SMILES string of the molecule is CC(=O)[C@@]1(O)CC[C@H]2[C@@H]3C=CC4=CC(=O)C(C)C[C@]4(C)[C@H]3CC[C@@]21C. The molecule has 0 aliphatic heterocycles. The maximum Gasteiger partial charge on any atom is 0.161 e. The van der Waals surface area contributed by atoms with Crippen LogP contribution in [0.1, 0.15) is 59.8 Å². The summed E-state index contributed by atoms with van der Waals surface area (Å²) in [5.41, 5.74) is -0.243. The van der Waals surface area contributed by atoms with Crippen molar-refractivity contribution in [2.45, 2.75) is 65.4 Å². The van der Waals surface area contributed by atoms with Crippen LogP contribution in [0.15, 0.2) is 23.8 Å². The molecule has 0 amide bonds. The van der Waals surface area contributed by atoms with Gasteiger partial charge in [-0.25, -0.2) is 0 Å². The van der Waals surface area contributed by atoms with E-state index in [0.29, 0.717) is 24.2 Å². The highest BCUT2D eigenvalue weighted by Gasteiger charge is 2.65. The molecule has 3 nitrogen and oxygen atoms in total. The minimum atomic E-state index is -1.16. The Morgan fingerprint density at radius 2 is 1.88 bits per heavy atom. The molecule has 1 N–H and O–H groups in total. The fourth-order valence-corrected chi connectivity index (χ4v) is 6.94. The first kappa shape index (κ1) is 17.2. The van der Waals surface area contributed by atoms with E-state index in [1.54, 1.807) is 6.92 Å². The van der Waals surface area contributed by atoms with Crippen LogP contribution < -0.4 is 0 Å². The van der Waals surface area contributed by atoms with Gasteiger partial charge in [0.05, 0.1) is 0 Å². The van der Waals surface area contributed by atoms with Crippen LogP contribution in [0.5, 0.6) is 0 Å². The molecule has 0 bridgehead atoms. The number of fused-ring (bicyclic) bond motifs is 5. The molecule has 0 saturated heterocycles. The molecule has 0 aromatic carbocycles. The van der Waals surface area contributed by atoms with Gasteiger partial charge in [-0.05, 0) is 73.8 Å². The maximum atomic E-state index is 12.2. The van der Waals surface area contributed by atoms with E-state index in [2.05, 4.69) is 26.0 Å². The van der Waals surface area contributed by atoms with Crippen LogP contribution in [0, 0.1) is 34.5 Å². The first-order valence-electron chi connectivity index (χ1n) is 9.81. The Morgan fingerprint density at radius 1 is 1.20 bits per heavy atom. The van der Waals surface area contributed by atoms with Crippen molar-refractivity contribution in [1.82, 2.24) is 0 Å². The van der Waals surface area contributed by atoms with E-state index >= 15 is 0 Å². The van der Waals surface area contributed by atoms with Crippen LogP contribution in [0.3, 0.4) is 0 Å². The lowest BCUT2D eigenvalue weighted by Gasteiger charge is -2.57. The van der Waals surface area contributed by atoms with Crippen LogP contribution in [-0.2, 0) is 9.59 Å². The summed E-state index contributed by atoms with van der Waals surface area (Å²) >= 11 is 0. The molecule has 3 heteroatoms. The van der Waals surface area contributed by atoms with Crippen molar-refractivity contribution in [2.24, 2.45) is 34.5 Å². The van der Waals surface area contributed by atoms with Crippen molar-refractivity contribution in [3.63, 3.8) is 0 Å². The van der Waals surface area contributed by atoms with Gasteiger partial charge in [-0.1, -0.05) is 32.9 Å². The summed E-state index contributed by atoms with van der Waals surface area (Å²) in [5, 5.41) is 11.2. The maximum absolute atomic E-state index is 12.2. The first-order valence-corrected chi connectivity index (χ1v) is 9.81. The second-order valence-corrected chi connectivity index (χ2v) is 9.59. The molecule has 0 spiro atoms. The predicted octanol–water partition coefficient (Wildman–Crippen LogP) is 3.86. The number of allylic oxidation sites excluding steroid dienone is 4. The lowest BCUT2D eigenvalue weighted by molar-refractivity contribution is -0.156. The third-order valence-electron chi connectivity index (χ3n) is 8.56. The molecule has 136 valence electrons. The lowest BCUT2D eigenvalue weighted by Crippen LogP contribution is -2.56. The topological polar surface area (TPSA) is 54.4 Å². The van der Waals surface area contributed by atoms with Gasteiger partial charge in [-0.3, -0.25) is 9.59 Å². The van der Waals surface area contributed by atoms with Gasteiger partial charge < -0.3 is 5.11 Å². The van der Waals surface area contributed by atoms with Gasteiger partial charge in [0.25, 0.3) is 0 Å². The van der Waals surface area contributed by atoms with E-state index in [1.807, 2.05) is 13.0 Å². The van der Waals surface area contributed by atoms with Crippen molar-refractivity contribution in [3.8, 4) is 0 Å². The normalized spacial score (nSPS) is 51.4. The number of carbonyl (C=O) groups is 2. The molecule has 1 unspecified atom stereocenters. The monoisotopic (exact) mass is 342 g/mol. The zero-order chi connectivity index (χ0) is 18.2. The molecule has 7 atom stereocenters. The van der Waals surface area contributed by atoms with E-state index in [9.17, 15) is 14.7 Å². The Bertz CT molecular complexity index is 704. The smallest absolute Gasteiger partial charge is 0.161 e. The van der Waals surface area contributed by atoms with Crippen molar-refractivity contribution in [3.05, 3.63) is 23.8 Å². The summed E-state index contributed by atoms with van der Waals surface area (Å²) in [5.74, 6) is 1.53. The summed E-state index contributed by atoms with van der Waals surface area (Å²) in [4.78, 5) is 24.4. The number of rotatable bonds is 1. The number of hydrogen-bond acceptors (Lipinski definition) is 3. The highest BCUT2D eigenvalue weighted by molar-refractivity contribution is 5.94. The lowest BCUT2D eigenvalue weighted by atomic mass is 9.47. The standard InChI is InChI=1S/C22H30O3/c1-13-12-20(3)15(11-19(13)24)5-6-16-17(20)7-9-21(4)18(16)8-10-22(21,25)14(2)23/h5-6,11,13,16-18,25H,7-10,12H2,1-4H3/t13?,16-,17+,18+,20+,21+,22+/m1/s1. The first-order chi connectivity index (χ1) is 11.6. The Morgan fingerprint density at radius 3 is 2.56 bits per heavy atom. The highest BCUT2D eigenvalue weighted by Crippen LogP contribution is 2.66. The van der Waals surface area contributed by atoms with Crippen LogP contribution >= 0.6 is 0 Å². The van der Waals surface area contributed by atoms with Crippen LogP contribution in [0.2, 0.25) is 0 Å². The quantitative estimate of drug-likeness (QED) is 0.787. The molecule has 0 heterocycles. The van der Waals surface area contributed by atoms with Gasteiger partial charge in [0.2, 0.25) is 0 Å². The molecular weight excluding hydrogens is 312 g/mol. The summed E-state index contributed by atoms with van der Waals surface area (Å²) in [6.07, 6.45) is 10.7. The summed E-state index contributed by atoms with van der Waals surface area (Å²) in [6, 6.07) is 0. The number of hydrogen-bond donors (Lipinski definition) is 1. The van der Waals surface area contributed by atoms with Crippen molar-refractivity contribution >= 4 is 11.6 Å². The zero-order valence-electron chi connectivity index (χ0n) is 15.8. The van der Waals surface area contributed by atoms with Crippen LogP contribution in [0.4, 0.5) is 0 Å². The second-order valence-electron chi connectivity index (χ2n) is 9.59. The zero-order valence-corrected chi connectivity index (χ0v) is 15.8. The average molecular weight is 342 g/mol. The number of Topliss-reactive ketones (excluding diaryl/α,β-unsaturated/α-hetero) is 1. The van der Waals surface area contributed by atoms with E-state index in [0.717, 1.165) is 25.7 Å². The Balaban J connectivity index is 1.75. The van der Waals surface area contributed by atoms with Gasteiger partial charge in [-0.15, -0.1) is 0 Å². The van der Waals surface area contributed by atoms with Gasteiger partial charge in [-0.2, -0.15) is 0 Å². The Labute approximate surface area is 150 Å². The molecular formula is C22H30O3. The molecule has 25 heavy (non-hydrogen) atoms. The minimum absolute atomic E-state index is 0.0466. The van der Waals surface area contributed by atoms with Crippen molar-refractivity contribution < 1.29 is 14.7 Å². The fraction of sp³-hybridized carbons (Fsp3) is 0.727. The summed E-state index contributed by atoms with van der Waals surface area (Å²) < 4.78 is 0. The van der Waals surface area contributed by atoms with E-state index < -0.39 is 5.60 Å². The van der Waals surface area contributed by atoms with Gasteiger partial charge in [0.1, 0.15) is 5.60 Å². The van der Waals surface area contributed by atoms with E-state index in [-0.39, 0.29) is 28.3 Å². The summed E-state index contributed by atoms with van der Waals surface area (Å²) in [7, 11) is 0. The number of ketones is 2. The fourth-order valence-electron chi connectivity index (χ4n) is 6.94. The van der Waals surface area contributed by atoms with Crippen molar-refractivity contribution in [1.29, 1.82) is 0 Å². The number of carbonyl (C=O) groups excluding carboxylic acids is 2. The van der Waals surface area contributed by atoms with Crippen molar-refractivity contribution in [2.75, 3.05) is 0 Å². The largest absolute Gasteiger partial charge is 0.382 e. The molecule has 2 saturated carbocycles. The van der Waals surface area contributed by atoms with Gasteiger partial charge in [0, 0.05) is 11.3 Å². The van der Waals surface area contributed by atoms with Gasteiger partial charge in [0.15, 0.2) is 11.6 Å². The second kappa shape index (κ2) is 5.16. The molecule has 0 radical (unpaired) electrons. The molecule has 4 aliphatic rings. The van der Waals surface area contributed by atoms with E-state index in [1.165, 1.54) is 5.57 Å². The Kier molecular flexibility index (Phi) is 3.55. The molecule has 4 aliphatic carbocycles. The minimum Gasteiger partial charge on any atom is -0.382 e. The summed E-state index contributed by atoms with van der Waals surface area (Å²) in [6.45, 7) is 8.06. The van der Waals surface area contributed by atoms with Crippen LogP contribution in [-0.4, -0.2) is 22.3 Å². The molecule has 0 aromatic heterocycles. The third-order valence-corrected chi connectivity index (χ3v) is 8.56. The molecule has 2 fully saturated rings. The highest BCUT2D eigenvalue weighted by atomic mass is 16.3.